The number of amides is 2. The molecule has 0 aliphatic carbocycles. The fraction of sp³-hybridized carbons (Fsp3) is 0.556. The molecule has 0 aliphatic heterocycles. The Hall–Kier alpha value is -1.52. The van der Waals surface area contributed by atoms with E-state index >= 15 is 0 Å². The zero-order valence-corrected chi connectivity index (χ0v) is 8.60. The lowest BCUT2D eigenvalue weighted by Crippen LogP contribution is -2.35. The number of nitrogens with one attached hydrogen (secondary N) is 1. The van der Waals surface area contributed by atoms with Gasteiger partial charge in [-0.15, -0.1) is 0 Å². The summed E-state index contributed by atoms with van der Waals surface area (Å²) in [4.78, 5) is 16.6. The summed E-state index contributed by atoms with van der Waals surface area (Å²) in [6, 6.07) is -0.0457. The minimum Gasteiger partial charge on any atom is -0.338 e. The number of imidazole rings is 1. The monoisotopic (exact) mass is 196 g/mol. The lowest BCUT2D eigenvalue weighted by molar-refractivity contribution is 0.217. The Morgan fingerprint density at radius 2 is 2.36 bits per heavy atom. The number of aryl methyl sites for hydroxylation is 1. The third-order valence-electron chi connectivity index (χ3n) is 1.83. The van der Waals surface area contributed by atoms with Gasteiger partial charge in [-0.1, -0.05) is 0 Å². The van der Waals surface area contributed by atoms with Crippen molar-refractivity contribution in [2.75, 3.05) is 20.6 Å². The van der Waals surface area contributed by atoms with Gasteiger partial charge in [0.25, 0.3) is 0 Å². The van der Waals surface area contributed by atoms with Gasteiger partial charge in [-0.3, -0.25) is 0 Å². The molecular formula is C9H16N4O. The van der Waals surface area contributed by atoms with Crippen LogP contribution in [0.4, 0.5) is 4.79 Å². The Morgan fingerprint density at radius 3 is 2.93 bits per heavy atom. The molecule has 0 bridgehead atoms. The first-order chi connectivity index (χ1) is 6.70. The van der Waals surface area contributed by atoms with Crippen LogP contribution in [0.25, 0.3) is 0 Å². The van der Waals surface area contributed by atoms with Crippen LogP contribution in [0.15, 0.2) is 18.7 Å². The topological polar surface area (TPSA) is 50.2 Å². The van der Waals surface area contributed by atoms with Crippen molar-refractivity contribution in [1.29, 1.82) is 0 Å². The van der Waals surface area contributed by atoms with Gasteiger partial charge in [-0.05, 0) is 6.42 Å². The maximum absolute atomic E-state index is 11.1. The molecule has 0 saturated carbocycles. The molecule has 78 valence electrons. The molecule has 0 saturated heterocycles. The van der Waals surface area contributed by atoms with E-state index in [0.717, 1.165) is 13.0 Å². The van der Waals surface area contributed by atoms with Crippen LogP contribution in [-0.4, -0.2) is 41.1 Å². The normalized spacial score (nSPS) is 9.86. The summed E-state index contributed by atoms with van der Waals surface area (Å²) < 4.78 is 1.99. The molecule has 1 aromatic heterocycles. The number of urea groups is 1. The van der Waals surface area contributed by atoms with Gasteiger partial charge >= 0.3 is 6.03 Å². The highest BCUT2D eigenvalue weighted by atomic mass is 16.2. The minimum atomic E-state index is -0.0457. The third kappa shape index (κ3) is 3.47. The highest BCUT2D eigenvalue weighted by Crippen LogP contribution is 1.89. The van der Waals surface area contributed by atoms with Crippen LogP contribution in [-0.2, 0) is 6.54 Å². The van der Waals surface area contributed by atoms with E-state index < -0.39 is 0 Å². The number of carbonyl (C=O) groups excluding carboxylic acids is 1. The average molecular weight is 196 g/mol. The van der Waals surface area contributed by atoms with Crippen LogP contribution in [0.1, 0.15) is 6.42 Å². The zero-order valence-electron chi connectivity index (χ0n) is 8.60. The van der Waals surface area contributed by atoms with Gasteiger partial charge in [-0.25, -0.2) is 9.78 Å². The summed E-state index contributed by atoms with van der Waals surface area (Å²) in [5, 5.41) is 2.80. The Kier molecular flexibility index (Phi) is 3.97. The number of nitrogens with zero attached hydrogens (tertiary/aromatic N) is 3. The SMILES string of the molecule is CN(C)C(=O)NCCCn1ccnc1. The first-order valence-corrected chi connectivity index (χ1v) is 4.61. The quantitative estimate of drug-likeness (QED) is 0.715. The Labute approximate surface area is 83.7 Å². The van der Waals surface area contributed by atoms with Gasteiger partial charge in [0.1, 0.15) is 0 Å². The molecule has 1 aromatic rings. The number of rotatable bonds is 4. The molecule has 0 spiro atoms. The third-order valence-corrected chi connectivity index (χ3v) is 1.83. The van der Waals surface area contributed by atoms with Gasteiger partial charge < -0.3 is 14.8 Å². The predicted octanol–water partition coefficient (Wildman–Crippen LogP) is 0.544. The smallest absolute Gasteiger partial charge is 0.316 e. The molecule has 0 unspecified atom stereocenters. The second-order valence-corrected chi connectivity index (χ2v) is 3.28. The van der Waals surface area contributed by atoms with Crippen LogP contribution in [0.2, 0.25) is 0 Å². The number of carbonyl (C=O) groups is 1. The maximum atomic E-state index is 11.1. The minimum absolute atomic E-state index is 0.0457. The molecule has 0 atom stereocenters. The van der Waals surface area contributed by atoms with Gasteiger partial charge in [0.2, 0.25) is 0 Å². The van der Waals surface area contributed by atoms with Crippen molar-refractivity contribution in [2.45, 2.75) is 13.0 Å². The predicted molar refractivity (Wildman–Crippen MR) is 53.9 cm³/mol. The molecular weight excluding hydrogens is 180 g/mol. The van der Waals surface area contributed by atoms with E-state index in [0.29, 0.717) is 6.54 Å². The highest BCUT2D eigenvalue weighted by molar-refractivity contribution is 5.73. The molecule has 14 heavy (non-hydrogen) atoms. The molecule has 1 heterocycles. The summed E-state index contributed by atoms with van der Waals surface area (Å²) in [5.74, 6) is 0. The van der Waals surface area contributed by atoms with Gasteiger partial charge in [-0.2, -0.15) is 0 Å². The van der Waals surface area contributed by atoms with Gasteiger partial charge in [0.05, 0.1) is 6.33 Å². The molecule has 0 aromatic carbocycles. The van der Waals surface area contributed by atoms with E-state index in [1.165, 1.54) is 4.90 Å². The maximum Gasteiger partial charge on any atom is 0.316 e. The number of hydrogen-bond acceptors (Lipinski definition) is 2. The van der Waals surface area contributed by atoms with Crippen molar-refractivity contribution in [2.24, 2.45) is 0 Å². The Morgan fingerprint density at radius 1 is 1.57 bits per heavy atom. The zero-order chi connectivity index (χ0) is 10.4. The van der Waals surface area contributed by atoms with Crippen LogP contribution in [0.5, 0.6) is 0 Å². The largest absolute Gasteiger partial charge is 0.338 e. The van der Waals surface area contributed by atoms with E-state index in [4.69, 9.17) is 0 Å². The van der Waals surface area contributed by atoms with Crippen molar-refractivity contribution in [3.8, 4) is 0 Å². The summed E-state index contributed by atoms with van der Waals surface area (Å²) in [5.41, 5.74) is 0. The second kappa shape index (κ2) is 5.26. The van der Waals surface area contributed by atoms with Gasteiger partial charge in [0, 0.05) is 39.6 Å². The summed E-state index contributed by atoms with van der Waals surface area (Å²) >= 11 is 0. The Bertz CT molecular complexity index is 268. The number of aromatic nitrogens is 2. The lowest BCUT2D eigenvalue weighted by Gasteiger charge is -2.11. The molecule has 0 radical (unpaired) electrons. The second-order valence-electron chi connectivity index (χ2n) is 3.28. The van der Waals surface area contributed by atoms with Crippen LogP contribution in [0.3, 0.4) is 0 Å². The fourth-order valence-electron chi connectivity index (χ4n) is 1.03. The first-order valence-electron chi connectivity index (χ1n) is 4.61. The fourth-order valence-corrected chi connectivity index (χ4v) is 1.03. The van der Waals surface area contributed by atoms with E-state index in [1.807, 2.05) is 10.8 Å². The van der Waals surface area contributed by atoms with E-state index in [-0.39, 0.29) is 6.03 Å². The molecule has 2 amide bonds. The van der Waals surface area contributed by atoms with Crippen molar-refractivity contribution < 1.29 is 4.79 Å². The average Bonchev–Trinajstić information content (AvgIpc) is 2.64. The van der Waals surface area contributed by atoms with Crippen LogP contribution < -0.4 is 5.32 Å². The van der Waals surface area contributed by atoms with E-state index in [1.54, 1.807) is 26.6 Å². The first kappa shape index (κ1) is 10.6. The van der Waals surface area contributed by atoms with Crippen LogP contribution >= 0.6 is 0 Å². The molecule has 0 fully saturated rings. The number of hydrogen-bond donors (Lipinski definition) is 1. The van der Waals surface area contributed by atoms with Crippen molar-refractivity contribution in [3.05, 3.63) is 18.7 Å². The summed E-state index contributed by atoms with van der Waals surface area (Å²) in [7, 11) is 3.45. The standard InChI is InChI=1S/C9H16N4O/c1-12(2)9(14)11-4-3-6-13-7-5-10-8-13/h5,7-8H,3-4,6H2,1-2H3,(H,11,14). The molecule has 5 nitrogen and oxygen atoms in total. The highest BCUT2D eigenvalue weighted by Gasteiger charge is 2.00. The Balaban J connectivity index is 2.08. The van der Waals surface area contributed by atoms with E-state index in [2.05, 4.69) is 10.3 Å². The lowest BCUT2D eigenvalue weighted by atomic mass is 10.4. The van der Waals surface area contributed by atoms with Crippen molar-refractivity contribution in [3.63, 3.8) is 0 Å². The van der Waals surface area contributed by atoms with Crippen molar-refractivity contribution in [1.82, 2.24) is 19.8 Å². The van der Waals surface area contributed by atoms with Crippen LogP contribution in [0, 0.1) is 0 Å². The van der Waals surface area contributed by atoms with Crippen molar-refractivity contribution >= 4 is 6.03 Å². The van der Waals surface area contributed by atoms with Gasteiger partial charge in [0.15, 0.2) is 0 Å². The molecule has 5 heteroatoms. The summed E-state index contributed by atoms with van der Waals surface area (Å²) in [6.07, 6.45) is 6.34. The molecule has 1 rings (SSSR count). The molecule has 0 aliphatic rings. The summed E-state index contributed by atoms with van der Waals surface area (Å²) in [6.45, 7) is 1.57. The van der Waals surface area contributed by atoms with E-state index in [9.17, 15) is 4.79 Å². The molecule has 1 N–H and O–H groups in total.